The molecule has 0 aliphatic rings. The zero-order chi connectivity index (χ0) is 8.97. The first-order valence-electron chi connectivity index (χ1n) is 4.15. The summed E-state index contributed by atoms with van der Waals surface area (Å²) in [5.41, 5.74) is 3.79. The van der Waals surface area contributed by atoms with Crippen molar-refractivity contribution < 1.29 is 0 Å². The number of hydrogen-bond acceptors (Lipinski definition) is 0. The monoisotopic (exact) mass is 161 g/mol. The second kappa shape index (κ2) is 3.96. The van der Waals surface area contributed by atoms with E-state index >= 15 is 0 Å². The summed E-state index contributed by atoms with van der Waals surface area (Å²) in [6.07, 6.45) is 8.20. The third-order valence-electron chi connectivity index (χ3n) is 1.69. The van der Waals surface area contributed by atoms with Gasteiger partial charge >= 0.3 is 0 Å². The van der Waals surface area contributed by atoms with Gasteiger partial charge in [-0.2, -0.15) is 0 Å². The van der Waals surface area contributed by atoms with Crippen LogP contribution in [0.4, 0.5) is 0 Å². The molecule has 0 unspecified atom stereocenters. The van der Waals surface area contributed by atoms with Crippen LogP contribution >= 0.6 is 0 Å². The topological polar surface area (TPSA) is 15.8 Å². The van der Waals surface area contributed by atoms with Crippen LogP contribution in [0.1, 0.15) is 25.1 Å². The van der Waals surface area contributed by atoms with Crippen LogP contribution in [0.5, 0.6) is 0 Å². The zero-order valence-electron chi connectivity index (χ0n) is 7.89. The first-order valence-corrected chi connectivity index (χ1v) is 4.15. The number of nitrogens with one attached hydrogen (secondary N) is 1. The molecule has 0 aliphatic carbocycles. The van der Waals surface area contributed by atoms with Crippen LogP contribution in [0.25, 0.3) is 6.08 Å². The van der Waals surface area contributed by atoms with Gasteiger partial charge in [-0.05, 0) is 38.5 Å². The van der Waals surface area contributed by atoms with E-state index in [4.69, 9.17) is 0 Å². The standard InChI is InChI=1S/C11H15N/c1-9(2)5-4-6-11-10(3)7-8-12-11/h4-8,12H,1-3H3/b6-4-. The Bertz CT molecular complexity index is 299. The van der Waals surface area contributed by atoms with Gasteiger partial charge in [0.15, 0.2) is 0 Å². The molecule has 0 aromatic carbocycles. The Labute approximate surface area is 73.8 Å². The Morgan fingerprint density at radius 2 is 2.17 bits per heavy atom. The smallest absolute Gasteiger partial charge is 0.0409 e. The fraction of sp³-hybridized carbons (Fsp3) is 0.273. The molecule has 0 aliphatic heterocycles. The van der Waals surface area contributed by atoms with E-state index in [2.05, 4.69) is 50.0 Å². The van der Waals surface area contributed by atoms with Crippen molar-refractivity contribution in [3.63, 3.8) is 0 Å². The van der Waals surface area contributed by atoms with E-state index < -0.39 is 0 Å². The number of allylic oxidation sites excluding steroid dienone is 3. The van der Waals surface area contributed by atoms with E-state index in [1.165, 1.54) is 16.8 Å². The SMILES string of the molecule is CC(C)=C/C=C\c1[nH]ccc1C. The third kappa shape index (κ3) is 2.42. The van der Waals surface area contributed by atoms with Crippen molar-refractivity contribution >= 4 is 6.08 Å². The van der Waals surface area contributed by atoms with Crippen LogP contribution in [0.3, 0.4) is 0 Å². The minimum absolute atomic E-state index is 1.19. The van der Waals surface area contributed by atoms with Gasteiger partial charge in [-0.25, -0.2) is 0 Å². The molecule has 0 fully saturated rings. The summed E-state index contributed by atoms with van der Waals surface area (Å²) >= 11 is 0. The minimum Gasteiger partial charge on any atom is -0.361 e. The van der Waals surface area contributed by atoms with Gasteiger partial charge in [-0.3, -0.25) is 0 Å². The third-order valence-corrected chi connectivity index (χ3v) is 1.69. The van der Waals surface area contributed by atoms with Crippen molar-refractivity contribution in [3.05, 3.63) is 41.2 Å². The fourth-order valence-electron chi connectivity index (χ4n) is 0.976. The van der Waals surface area contributed by atoms with E-state index in [1.807, 2.05) is 6.20 Å². The summed E-state index contributed by atoms with van der Waals surface area (Å²) in [5.74, 6) is 0. The first-order chi connectivity index (χ1) is 5.70. The molecule has 1 aromatic rings. The van der Waals surface area contributed by atoms with Gasteiger partial charge in [-0.15, -0.1) is 0 Å². The lowest BCUT2D eigenvalue weighted by atomic mass is 10.2. The molecule has 0 bridgehead atoms. The van der Waals surface area contributed by atoms with Gasteiger partial charge in [0.25, 0.3) is 0 Å². The van der Waals surface area contributed by atoms with E-state index in [-0.39, 0.29) is 0 Å². The van der Waals surface area contributed by atoms with Crippen LogP contribution in [0.15, 0.2) is 30.0 Å². The molecule has 0 radical (unpaired) electrons. The molecular formula is C11H15N. The maximum absolute atomic E-state index is 3.16. The Balaban J connectivity index is 2.70. The van der Waals surface area contributed by atoms with Crippen molar-refractivity contribution in [3.8, 4) is 0 Å². The summed E-state index contributed by atoms with van der Waals surface area (Å²) in [6.45, 7) is 6.27. The molecule has 0 saturated heterocycles. The van der Waals surface area contributed by atoms with E-state index in [0.29, 0.717) is 0 Å². The van der Waals surface area contributed by atoms with Crippen molar-refractivity contribution in [2.45, 2.75) is 20.8 Å². The van der Waals surface area contributed by atoms with E-state index in [1.54, 1.807) is 0 Å². The largest absolute Gasteiger partial charge is 0.361 e. The van der Waals surface area contributed by atoms with Gasteiger partial charge in [-0.1, -0.05) is 17.7 Å². The summed E-state index contributed by atoms with van der Waals surface area (Å²) in [5, 5.41) is 0. The predicted octanol–water partition coefficient (Wildman–Crippen LogP) is 3.30. The van der Waals surface area contributed by atoms with Crippen molar-refractivity contribution in [2.75, 3.05) is 0 Å². The normalized spacial score (nSPS) is 10.6. The lowest BCUT2D eigenvalue weighted by molar-refractivity contribution is 1.34. The average molecular weight is 161 g/mol. The Morgan fingerprint density at radius 1 is 1.42 bits per heavy atom. The second-order valence-electron chi connectivity index (χ2n) is 3.18. The molecule has 1 rings (SSSR count). The molecule has 64 valence electrons. The Morgan fingerprint density at radius 3 is 2.67 bits per heavy atom. The highest BCUT2D eigenvalue weighted by Gasteiger charge is 1.90. The van der Waals surface area contributed by atoms with Gasteiger partial charge in [0.2, 0.25) is 0 Å². The van der Waals surface area contributed by atoms with Gasteiger partial charge < -0.3 is 4.98 Å². The fourth-order valence-corrected chi connectivity index (χ4v) is 0.976. The molecular weight excluding hydrogens is 146 g/mol. The van der Waals surface area contributed by atoms with Crippen LogP contribution in [0, 0.1) is 6.92 Å². The van der Waals surface area contributed by atoms with Crippen LogP contribution in [-0.4, -0.2) is 4.98 Å². The van der Waals surface area contributed by atoms with Crippen molar-refractivity contribution in [1.29, 1.82) is 0 Å². The van der Waals surface area contributed by atoms with Crippen molar-refractivity contribution in [2.24, 2.45) is 0 Å². The summed E-state index contributed by atoms with van der Waals surface area (Å²) in [7, 11) is 0. The van der Waals surface area contributed by atoms with E-state index in [9.17, 15) is 0 Å². The summed E-state index contributed by atoms with van der Waals surface area (Å²) < 4.78 is 0. The highest BCUT2D eigenvalue weighted by molar-refractivity contribution is 5.51. The Kier molecular flexibility index (Phi) is 2.92. The maximum atomic E-state index is 3.16. The lowest BCUT2D eigenvalue weighted by Gasteiger charge is -1.88. The van der Waals surface area contributed by atoms with Gasteiger partial charge in [0, 0.05) is 11.9 Å². The number of aromatic amines is 1. The minimum atomic E-state index is 1.19. The molecule has 0 amide bonds. The van der Waals surface area contributed by atoms with Crippen LogP contribution < -0.4 is 0 Å². The van der Waals surface area contributed by atoms with Crippen molar-refractivity contribution in [1.82, 2.24) is 4.98 Å². The van der Waals surface area contributed by atoms with Crippen LogP contribution in [-0.2, 0) is 0 Å². The number of rotatable bonds is 2. The van der Waals surface area contributed by atoms with Gasteiger partial charge in [0.05, 0.1) is 0 Å². The molecule has 0 atom stereocenters. The van der Waals surface area contributed by atoms with Gasteiger partial charge in [0.1, 0.15) is 0 Å². The summed E-state index contributed by atoms with van der Waals surface area (Å²) in [4.78, 5) is 3.16. The number of hydrogen-bond donors (Lipinski definition) is 1. The first kappa shape index (κ1) is 8.85. The lowest BCUT2D eigenvalue weighted by Crippen LogP contribution is -1.72. The molecule has 0 saturated carbocycles. The molecule has 12 heavy (non-hydrogen) atoms. The Hall–Kier alpha value is -1.24. The number of aromatic nitrogens is 1. The predicted molar refractivity (Wildman–Crippen MR) is 54.0 cm³/mol. The average Bonchev–Trinajstić information content (AvgIpc) is 2.36. The van der Waals surface area contributed by atoms with Crippen LogP contribution in [0.2, 0.25) is 0 Å². The maximum Gasteiger partial charge on any atom is 0.0409 e. The molecule has 0 spiro atoms. The number of H-pyrrole nitrogens is 1. The molecule has 1 nitrogen and oxygen atoms in total. The zero-order valence-corrected chi connectivity index (χ0v) is 7.89. The van der Waals surface area contributed by atoms with E-state index in [0.717, 1.165) is 0 Å². The quantitative estimate of drug-likeness (QED) is 0.640. The highest BCUT2D eigenvalue weighted by atomic mass is 14.7. The molecule has 1 heteroatoms. The summed E-state index contributed by atoms with van der Waals surface area (Å²) in [6, 6.07) is 2.07. The molecule has 1 heterocycles. The molecule has 1 aromatic heterocycles. The molecule has 1 N–H and O–H groups in total. The number of aryl methyl sites for hydroxylation is 1. The highest BCUT2D eigenvalue weighted by Crippen LogP contribution is 2.06. The second-order valence-corrected chi connectivity index (χ2v) is 3.18.